The number of hydrogen-bond acceptors (Lipinski definition) is 3. The van der Waals surface area contributed by atoms with Crippen molar-refractivity contribution in [1.82, 2.24) is 0 Å². The molecule has 0 fully saturated rings. The zero-order chi connectivity index (χ0) is 9.14. The summed E-state index contributed by atoms with van der Waals surface area (Å²) in [6, 6.07) is 3.18. The van der Waals surface area contributed by atoms with Crippen LogP contribution in [0.4, 0.5) is 0 Å². The van der Waals surface area contributed by atoms with E-state index in [-0.39, 0.29) is 12.2 Å². The first-order chi connectivity index (χ1) is 5.65. The normalized spacial score (nSPS) is 9.83. The molecule has 12 heavy (non-hydrogen) atoms. The van der Waals surface area contributed by atoms with Crippen LogP contribution >= 0.6 is 0 Å². The average Bonchev–Trinajstić information content (AvgIpc) is 2.49. The first kappa shape index (κ1) is 8.71. The molecule has 0 unspecified atom stereocenters. The van der Waals surface area contributed by atoms with Crippen LogP contribution in [0.3, 0.4) is 0 Å². The van der Waals surface area contributed by atoms with E-state index in [0.717, 1.165) is 0 Å². The molecule has 0 aliphatic rings. The predicted octanol–water partition coefficient (Wildman–Crippen LogP) is 1.75. The Hall–Kier alpha value is -1.38. The molecule has 1 rings (SSSR count). The van der Waals surface area contributed by atoms with E-state index in [4.69, 9.17) is 4.42 Å². The zero-order valence-corrected chi connectivity index (χ0v) is 7.09. The highest BCUT2D eigenvalue weighted by molar-refractivity contribution is 6.42. The fourth-order valence-corrected chi connectivity index (χ4v) is 0.855. The molecule has 1 aromatic rings. The van der Waals surface area contributed by atoms with Gasteiger partial charge in [-0.1, -0.05) is 6.92 Å². The maximum absolute atomic E-state index is 11.1. The summed E-state index contributed by atoms with van der Waals surface area (Å²) in [7, 11) is 0. The Bertz CT molecular complexity index is 309. The Balaban J connectivity index is 2.85. The van der Waals surface area contributed by atoms with Crippen molar-refractivity contribution in [3.8, 4) is 0 Å². The van der Waals surface area contributed by atoms with Crippen LogP contribution in [0.25, 0.3) is 0 Å². The fourth-order valence-electron chi connectivity index (χ4n) is 0.855. The Kier molecular flexibility index (Phi) is 2.43. The lowest BCUT2D eigenvalue weighted by molar-refractivity contribution is -0.114. The van der Waals surface area contributed by atoms with Crippen molar-refractivity contribution >= 4 is 11.6 Å². The number of ketones is 2. The minimum Gasteiger partial charge on any atom is -0.458 e. The first-order valence-corrected chi connectivity index (χ1v) is 3.79. The third kappa shape index (κ3) is 1.61. The molecule has 0 aromatic carbocycles. The van der Waals surface area contributed by atoms with Gasteiger partial charge in [0, 0.05) is 6.42 Å². The summed E-state index contributed by atoms with van der Waals surface area (Å²) in [6.45, 7) is 3.38. The Morgan fingerprint density at radius 3 is 2.50 bits per heavy atom. The third-order valence-corrected chi connectivity index (χ3v) is 1.54. The Labute approximate surface area is 70.4 Å². The van der Waals surface area contributed by atoms with Gasteiger partial charge in [-0.15, -0.1) is 0 Å². The van der Waals surface area contributed by atoms with Crippen LogP contribution in [0.2, 0.25) is 0 Å². The lowest BCUT2D eigenvalue weighted by atomic mass is 10.2. The van der Waals surface area contributed by atoms with Gasteiger partial charge in [0.1, 0.15) is 5.76 Å². The standard InChI is InChI=1S/C9H10O3/c1-3-7(10)9(11)8-5-4-6(2)12-8/h4-5H,3H2,1-2H3. The number of hydrogen-bond donors (Lipinski definition) is 0. The van der Waals surface area contributed by atoms with Crippen LogP contribution < -0.4 is 0 Å². The van der Waals surface area contributed by atoms with Gasteiger partial charge in [0.2, 0.25) is 5.78 Å². The number of rotatable bonds is 3. The third-order valence-electron chi connectivity index (χ3n) is 1.54. The number of carbonyl (C=O) groups excluding carboxylic acids is 2. The smallest absolute Gasteiger partial charge is 0.263 e. The van der Waals surface area contributed by atoms with Crippen molar-refractivity contribution in [2.24, 2.45) is 0 Å². The van der Waals surface area contributed by atoms with Gasteiger partial charge < -0.3 is 4.42 Å². The van der Waals surface area contributed by atoms with Crippen molar-refractivity contribution in [1.29, 1.82) is 0 Å². The molecule has 3 heteroatoms. The van der Waals surface area contributed by atoms with Gasteiger partial charge in [0.25, 0.3) is 5.78 Å². The van der Waals surface area contributed by atoms with E-state index >= 15 is 0 Å². The van der Waals surface area contributed by atoms with E-state index in [9.17, 15) is 9.59 Å². The van der Waals surface area contributed by atoms with Gasteiger partial charge in [-0.05, 0) is 19.1 Å². The Morgan fingerprint density at radius 2 is 2.08 bits per heavy atom. The highest BCUT2D eigenvalue weighted by Gasteiger charge is 2.16. The molecule has 64 valence electrons. The highest BCUT2D eigenvalue weighted by Crippen LogP contribution is 2.07. The molecule has 0 aliphatic heterocycles. The first-order valence-electron chi connectivity index (χ1n) is 3.79. The van der Waals surface area contributed by atoms with Crippen LogP contribution in [-0.2, 0) is 4.79 Å². The maximum atomic E-state index is 11.1. The van der Waals surface area contributed by atoms with Gasteiger partial charge in [0.15, 0.2) is 5.76 Å². The minimum atomic E-state index is -0.536. The summed E-state index contributed by atoms with van der Waals surface area (Å²) in [6.07, 6.45) is 0.221. The molecule has 1 heterocycles. The van der Waals surface area contributed by atoms with E-state index in [1.54, 1.807) is 19.9 Å². The molecule has 0 N–H and O–H groups in total. The number of Topliss-reactive ketones (excluding diaryl/α,β-unsaturated/α-hetero) is 2. The average molecular weight is 166 g/mol. The number of furan rings is 1. The van der Waals surface area contributed by atoms with Gasteiger partial charge in [-0.25, -0.2) is 0 Å². The van der Waals surface area contributed by atoms with Crippen LogP contribution in [0.1, 0.15) is 29.7 Å². The minimum absolute atomic E-state index is 0.138. The van der Waals surface area contributed by atoms with E-state index in [1.165, 1.54) is 6.07 Å². The van der Waals surface area contributed by atoms with Gasteiger partial charge in [0.05, 0.1) is 0 Å². The molecule has 3 nitrogen and oxygen atoms in total. The number of carbonyl (C=O) groups is 2. The summed E-state index contributed by atoms with van der Waals surface area (Å²) < 4.78 is 5.00. The SMILES string of the molecule is CCC(=O)C(=O)c1ccc(C)o1. The summed E-state index contributed by atoms with van der Waals surface area (Å²) >= 11 is 0. The van der Waals surface area contributed by atoms with Gasteiger partial charge >= 0.3 is 0 Å². The summed E-state index contributed by atoms with van der Waals surface area (Å²) in [4.78, 5) is 22.1. The van der Waals surface area contributed by atoms with Crippen molar-refractivity contribution in [3.63, 3.8) is 0 Å². The molecular weight excluding hydrogens is 156 g/mol. The van der Waals surface area contributed by atoms with Gasteiger partial charge in [-0.2, -0.15) is 0 Å². The van der Waals surface area contributed by atoms with E-state index in [0.29, 0.717) is 5.76 Å². The highest BCUT2D eigenvalue weighted by atomic mass is 16.3. The second kappa shape index (κ2) is 3.34. The van der Waals surface area contributed by atoms with E-state index in [2.05, 4.69) is 0 Å². The van der Waals surface area contributed by atoms with Crippen molar-refractivity contribution < 1.29 is 14.0 Å². The molecule has 0 saturated heterocycles. The van der Waals surface area contributed by atoms with Crippen LogP contribution in [-0.4, -0.2) is 11.6 Å². The predicted molar refractivity (Wildman–Crippen MR) is 43.1 cm³/mol. The topological polar surface area (TPSA) is 47.3 Å². The van der Waals surface area contributed by atoms with Crippen molar-refractivity contribution in [3.05, 3.63) is 23.7 Å². The lowest BCUT2D eigenvalue weighted by Gasteiger charge is -1.91. The van der Waals surface area contributed by atoms with Crippen molar-refractivity contribution in [2.75, 3.05) is 0 Å². The maximum Gasteiger partial charge on any atom is 0.263 e. The molecule has 0 bridgehead atoms. The molecule has 0 spiro atoms. The van der Waals surface area contributed by atoms with Crippen LogP contribution in [0.5, 0.6) is 0 Å². The van der Waals surface area contributed by atoms with Crippen LogP contribution in [0, 0.1) is 6.92 Å². The largest absolute Gasteiger partial charge is 0.458 e. The molecule has 1 aromatic heterocycles. The summed E-state index contributed by atoms with van der Waals surface area (Å²) in [5.41, 5.74) is 0. The zero-order valence-electron chi connectivity index (χ0n) is 7.09. The second-order valence-electron chi connectivity index (χ2n) is 2.52. The van der Waals surface area contributed by atoms with E-state index in [1.807, 2.05) is 0 Å². The fraction of sp³-hybridized carbons (Fsp3) is 0.333. The molecule has 0 radical (unpaired) electrons. The number of aryl methyl sites for hydroxylation is 1. The second-order valence-corrected chi connectivity index (χ2v) is 2.52. The summed E-state index contributed by atoms with van der Waals surface area (Å²) in [5, 5.41) is 0. The summed E-state index contributed by atoms with van der Waals surface area (Å²) in [5.74, 6) is -0.170. The monoisotopic (exact) mass is 166 g/mol. The lowest BCUT2D eigenvalue weighted by Crippen LogP contribution is -2.11. The molecule has 0 aliphatic carbocycles. The molecular formula is C9H10O3. The van der Waals surface area contributed by atoms with Gasteiger partial charge in [-0.3, -0.25) is 9.59 Å². The quantitative estimate of drug-likeness (QED) is 0.507. The van der Waals surface area contributed by atoms with Crippen molar-refractivity contribution in [2.45, 2.75) is 20.3 Å². The Morgan fingerprint density at radius 1 is 1.42 bits per heavy atom. The molecule has 0 atom stereocenters. The molecule has 0 amide bonds. The van der Waals surface area contributed by atoms with Crippen LogP contribution in [0.15, 0.2) is 16.5 Å². The molecule has 0 saturated carbocycles. The van der Waals surface area contributed by atoms with E-state index < -0.39 is 11.6 Å².